The molecule has 0 aromatic carbocycles. The van der Waals surface area contributed by atoms with Gasteiger partial charge in [-0.1, -0.05) is 0 Å². The van der Waals surface area contributed by atoms with Crippen LogP contribution in [0.15, 0.2) is 0 Å². The van der Waals surface area contributed by atoms with Gasteiger partial charge < -0.3 is 10.0 Å². The largest absolute Gasteiger partial charge is 0.396 e. The molecular formula is C11H24N2O. The molecule has 0 aromatic heterocycles. The van der Waals surface area contributed by atoms with Crippen LogP contribution in [0.3, 0.4) is 0 Å². The first-order valence-corrected chi connectivity index (χ1v) is 5.49. The van der Waals surface area contributed by atoms with Gasteiger partial charge in [-0.15, -0.1) is 0 Å². The number of aliphatic hydroxyl groups excluding tert-OH is 1. The minimum Gasteiger partial charge on any atom is -0.396 e. The molecule has 1 heterocycles. The van der Waals surface area contributed by atoms with Crippen molar-refractivity contribution in [3.05, 3.63) is 0 Å². The van der Waals surface area contributed by atoms with Gasteiger partial charge in [-0.3, -0.25) is 4.90 Å². The van der Waals surface area contributed by atoms with Gasteiger partial charge in [0, 0.05) is 31.2 Å². The molecule has 1 aliphatic rings. The van der Waals surface area contributed by atoms with Gasteiger partial charge in [0.1, 0.15) is 0 Å². The van der Waals surface area contributed by atoms with Crippen LogP contribution in [-0.2, 0) is 0 Å². The monoisotopic (exact) mass is 200 g/mol. The Kier molecular flexibility index (Phi) is 3.93. The third-order valence-corrected chi connectivity index (χ3v) is 3.60. The van der Waals surface area contributed by atoms with Crippen molar-refractivity contribution in [1.29, 1.82) is 0 Å². The van der Waals surface area contributed by atoms with Gasteiger partial charge in [-0.2, -0.15) is 0 Å². The van der Waals surface area contributed by atoms with E-state index in [0.29, 0.717) is 12.5 Å². The highest BCUT2D eigenvalue weighted by molar-refractivity contribution is 4.94. The van der Waals surface area contributed by atoms with Crippen molar-refractivity contribution in [3.8, 4) is 0 Å². The van der Waals surface area contributed by atoms with E-state index in [9.17, 15) is 5.11 Å². The zero-order chi connectivity index (χ0) is 10.8. The third kappa shape index (κ3) is 2.47. The van der Waals surface area contributed by atoms with Crippen LogP contribution in [-0.4, -0.2) is 60.8 Å². The predicted molar refractivity (Wildman–Crippen MR) is 59.4 cm³/mol. The molecular weight excluding hydrogens is 176 g/mol. The molecule has 0 saturated carbocycles. The second-order valence-electron chi connectivity index (χ2n) is 5.11. The lowest BCUT2D eigenvalue weighted by atomic mass is 9.89. The molecule has 0 spiro atoms. The van der Waals surface area contributed by atoms with Crippen LogP contribution in [0.25, 0.3) is 0 Å². The summed E-state index contributed by atoms with van der Waals surface area (Å²) in [5.74, 6) is 0.449. The highest BCUT2D eigenvalue weighted by Crippen LogP contribution is 2.33. The fourth-order valence-corrected chi connectivity index (χ4v) is 2.25. The summed E-state index contributed by atoms with van der Waals surface area (Å²) in [6.45, 7) is 8.16. The van der Waals surface area contributed by atoms with Crippen LogP contribution in [0, 0.1) is 5.92 Å². The maximum Gasteiger partial charge on any atom is 0.0477 e. The Balaban J connectivity index is 2.47. The predicted octanol–water partition coefficient (Wildman–Crippen LogP) is 0.641. The van der Waals surface area contributed by atoms with E-state index in [1.165, 1.54) is 0 Å². The Morgan fingerprint density at radius 3 is 2.50 bits per heavy atom. The average molecular weight is 200 g/mol. The standard InChI is InChI=1S/C11H24N2O/c1-11(2)10(9-14)5-6-13(11)8-7-12(3)4/h10,14H,5-9H2,1-4H3. The van der Waals surface area contributed by atoms with Crippen molar-refractivity contribution >= 4 is 0 Å². The van der Waals surface area contributed by atoms with Gasteiger partial charge in [0.2, 0.25) is 0 Å². The molecule has 0 amide bonds. The van der Waals surface area contributed by atoms with E-state index in [0.717, 1.165) is 26.1 Å². The van der Waals surface area contributed by atoms with Crippen LogP contribution in [0.1, 0.15) is 20.3 Å². The second-order valence-corrected chi connectivity index (χ2v) is 5.11. The minimum atomic E-state index is 0.171. The van der Waals surface area contributed by atoms with E-state index in [-0.39, 0.29) is 5.54 Å². The molecule has 0 radical (unpaired) electrons. The zero-order valence-corrected chi connectivity index (χ0v) is 9.95. The Morgan fingerprint density at radius 1 is 1.43 bits per heavy atom. The molecule has 1 atom stereocenters. The van der Waals surface area contributed by atoms with Gasteiger partial charge in [0.05, 0.1) is 0 Å². The van der Waals surface area contributed by atoms with Crippen molar-refractivity contribution in [2.24, 2.45) is 5.92 Å². The van der Waals surface area contributed by atoms with E-state index < -0.39 is 0 Å². The van der Waals surface area contributed by atoms with E-state index >= 15 is 0 Å². The first-order valence-electron chi connectivity index (χ1n) is 5.49. The first kappa shape index (κ1) is 12.0. The molecule has 1 saturated heterocycles. The molecule has 0 bridgehead atoms. The topological polar surface area (TPSA) is 26.7 Å². The number of aliphatic hydroxyl groups is 1. The maximum atomic E-state index is 9.26. The normalized spacial score (nSPS) is 27.4. The number of hydrogen-bond acceptors (Lipinski definition) is 3. The summed E-state index contributed by atoms with van der Waals surface area (Å²) in [6.07, 6.45) is 1.14. The summed E-state index contributed by atoms with van der Waals surface area (Å²) in [5, 5.41) is 9.26. The first-order chi connectivity index (χ1) is 6.48. The Morgan fingerprint density at radius 2 is 2.07 bits per heavy atom. The SMILES string of the molecule is CN(C)CCN1CCC(CO)C1(C)C. The highest BCUT2D eigenvalue weighted by Gasteiger charge is 2.40. The molecule has 3 nitrogen and oxygen atoms in total. The van der Waals surface area contributed by atoms with Crippen molar-refractivity contribution in [2.75, 3.05) is 40.3 Å². The van der Waals surface area contributed by atoms with Gasteiger partial charge in [0.25, 0.3) is 0 Å². The van der Waals surface area contributed by atoms with Gasteiger partial charge in [-0.05, 0) is 40.9 Å². The molecule has 1 rings (SSSR count). The Labute approximate surface area is 87.7 Å². The molecule has 0 aromatic rings. The molecule has 14 heavy (non-hydrogen) atoms. The van der Waals surface area contributed by atoms with Crippen molar-refractivity contribution in [1.82, 2.24) is 9.80 Å². The fourth-order valence-electron chi connectivity index (χ4n) is 2.25. The van der Waals surface area contributed by atoms with Gasteiger partial charge >= 0.3 is 0 Å². The fraction of sp³-hybridized carbons (Fsp3) is 1.00. The maximum absolute atomic E-state index is 9.26. The minimum absolute atomic E-state index is 0.171. The molecule has 84 valence electrons. The molecule has 0 aliphatic carbocycles. The summed E-state index contributed by atoms with van der Waals surface area (Å²) in [4.78, 5) is 4.70. The van der Waals surface area contributed by atoms with E-state index in [4.69, 9.17) is 0 Å². The average Bonchev–Trinajstić information content (AvgIpc) is 2.37. The molecule has 1 aliphatic heterocycles. The van der Waals surface area contributed by atoms with Gasteiger partial charge in [-0.25, -0.2) is 0 Å². The summed E-state index contributed by atoms with van der Waals surface area (Å²) in [5.41, 5.74) is 0.171. The highest BCUT2D eigenvalue weighted by atomic mass is 16.3. The van der Waals surface area contributed by atoms with Crippen LogP contribution in [0.5, 0.6) is 0 Å². The number of likely N-dealkylation sites (N-methyl/N-ethyl adjacent to an activating group) is 1. The number of nitrogens with zero attached hydrogens (tertiary/aromatic N) is 2. The van der Waals surface area contributed by atoms with E-state index in [1.54, 1.807) is 0 Å². The number of rotatable bonds is 4. The number of likely N-dealkylation sites (tertiary alicyclic amines) is 1. The molecule has 1 N–H and O–H groups in total. The number of hydrogen-bond donors (Lipinski definition) is 1. The summed E-state index contributed by atoms with van der Waals surface area (Å²) in [6, 6.07) is 0. The Bertz CT molecular complexity index is 180. The van der Waals surface area contributed by atoms with Crippen molar-refractivity contribution in [2.45, 2.75) is 25.8 Å². The second kappa shape index (κ2) is 4.60. The summed E-state index contributed by atoms with van der Waals surface area (Å²) in [7, 11) is 4.21. The van der Waals surface area contributed by atoms with Crippen LogP contribution in [0.4, 0.5) is 0 Å². The lowest BCUT2D eigenvalue weighted by Crippen LogP contribution is -2.46. The molecule has 1 fully saturated rings. The Hall–Kier alpha value is -0.120. The van der Waals surface area contributed by atoms with E-state index in [2.05, 4.69) is 37.7 Å². The molecule has 3 heteroatoms. The van der Waals surface area contributed by atoms with Gasteiger partial charge in [0.15, 0.2) is 0 Å². The smallest absolute Gasteiger partial charge is 0.0477 e. The quantitative estimate of drug-likeness (QED) is 0.721. The zero-order valence-electron chi connectivity index (χ0n) is 9.95. The van der Waals surface area contributed by atoms with Crippen molar-refractivity contribution in [3.63, 3.8) is 0 Å². The van der Waals surface area contributed by atoms with Crippen LogP contribution >= 0.6 is 0 Å². The summed E-state index contributed by atoms with van der Waals surface area (Å²) >= 11 is 0. The van der Waals surface area contributed by atoms with Crippen LogP contribution in [0.2, 0.25) is 0 Å². The lowest BCUT2D eigenvalue weighted by molar-refractivity contribution is 0.0945. The van der Waals surface area contributed by atoms with Crippen LogP contribution < -0.4 is 0 Å². The third-order valence-electron chi connectivity index (χ3n) is 3.60. The van der Waals surface area contributed by atoms with E-state index in [1.807, 2.05) is 0 Å². The lowest BCUT2D eigenvalue weighted by Gasteiger charge is -2.36. The summed E-state index contributed by atoms with van der Waals surface area (Å²) < 4.78 is 0. The van der Waals surface area contributed by atoms with Crippen molar-refractivity contribution < 1.29 is 5.11 Å². The molecule has 1 unspecified atom stereocenters.